The van der Waals surface area contributed by atoms with E-state index in [1.165, 1.54) is 0 Å². The molecule has 3 rings (SSSR count). The minimum absolute atomic E-state index is 0.282. The summed E-state index contributed by atoms with van der Waals surface area (Å²) in [7, 11) is 0. The van der Waals surface area contributed by atoms with Gasteiger partial charge in [0.1, 0.15) is 5.54 Å². The lowest BCUT2D eigenvalue weighted by atomic mass is 9.85. The summed E-state index contributed by atoms with van der Waals surface area (Å²) in [5.74, 6) is 0.282. The highest BCUT2D eigenvalue weighted by molar-refractivity contribution is 5.90. The third-order valence-corrected chi connectivity index (χ3v) is 4.17. The Labute approximate surface area is 114 Å². The van der Waals surface area contributed by atoms with Gasteiger partial charge in [0, 0.05) is 18.8 Å². The summed E-state index contributed by atoms with van der Waals surface area (Å²) >= 11 is 0. The molecule has 19 heavy (non-hydrogen) atoms. The molecule has 102 valence electrons. The third-order valence-electron chi connectivity index (χ3n) is 4.17. The van der Waals surface area contributed by atoms with Gasteiger partial charge >= 0.3 is 0 Å². The second-order valence-electron chi connectivity index (χ2n) is 5.47. The molecular weight excluding hydrogens is 238 g/mol. The molecule has 0 spiro atoms. The van der Waals surface area contributed by atoms with Crippen molar-refractivity contribution in [3.05, 3.63) is 30.3 Å². The van der Waals surface area contributed by atoms with Crippen LogP contribution in [0.4, 0.5) is 5.69 Å². The summed E-state index contributed by atoms with van der Waals surface area (Å²) in [6, 6.07) is 10.1. The Hall–Kier alpha value is -1.55. The van der Waals surface area contributed by atoms with Crippen LogP contribution in [0.3, 0.4) is 0 Å². The Kier molecular flexibility index (Phi) is 3.42. The van der Waals surface area contributed by atoms with Crippen molar-refractivity contribution >= 4 is 11.6 Å². The Bertz CT molecular complexity index is 436. The number of rotatable bonds is 3. The van der Waals surface area contributed by atoms with Crippen LogP contribution >= 0.6 is 0 Å². The van der Waals surface area contributed by atoms with Gasteiger partial charge in [-0.25, -0.2) is 0 Å². The minimum atomic E-state index is -0.410. The van der Waals surface area contributed by atoms with E-state index in [2.05, 4.69) is 10.6 Å². The quantitative estimate of drug-likeness (QED) is 0.863. The number of hydrogen-bond acceptors (Lipinski definition) is 3. The fourth-order valence-corrected chi connectivity index (χ4v) is 2.87. The molecule has 0 saturated carbocycles. The summed E-state index contributed by atoms with van der Waals surface area (Å²) in [5, 5.41) is 6.86. The zero-order valence-corrected chi connectivity index (χ0v) is 11.2. The largest absolute Gasteiger partial charge is 0.371 e. The van der Waals surface area contributed by atoms with Gasteiger partial charge in [0.05, 0.1) is 0 Å². The van der Waals surface area contributed by atoms with Gasteiger partial charge in [-0.2, -0.15) is 0 Å². The minimum Gasteiger partial charge on any atom is -0.371 e. The van der Waals surface area contributed by atoms with Crippen molar-refractivity contribution in [3.63, 3.8) is 0 Å². The number of amides is 1. The maximum absolute atomic E-state index is 12.7. The van der Waals surface area contributed by atoms with E-state index in [1.54, 1.807) is 0 Å². The van der Waals surface area contributed by atoms with E-state index in [0.717, 1.165) is 51.1 Å². The number of anilines is 1. The maximum atomic E-state index is 12.7. The Balaban J connectivity index is 1.81. The van der Waals surface area contributed by atoms with E-state index in [9.17, 15) is 4.79 Å². The predicted molar refractivity (Wildman–Crippen MR) is 76.1 cm³/mol. The number of likely N-dealkylation sites (tertiary alicyclic amines) is 1. The molecule has 0 bridgehead atoms. The van der Waals surface area contributed by atoms with Crippen molar-refractivity contribution in [1.82, 2.24) is 10.2 Å². The highest BCUT2D eigenvalue weighted by Gasteiger charge is 2.43. The van der Waals surface area contributed by atoms with Gasteiger partial charge in [0.2, 0.25) is 5.91 Å². The molecule has 1 aromatic rings. The van der Waals surface area contributed by atoms with Crippen LogP contribution in [0.25, 0.3) is 0 Å². The van der Waals surface area contributed by atoms with Gasteiger partial charge < -0.3 is 15.5 Å². The van der Waals surface area contributed by atoms with Crippen LogP contribution < -0.4 is 10.6 Å². The summed E-state index contributed by atoms with van der Waals surface area (Å²) in [6.07, 6.45) is 2.86. The fraction of sp³-hybridized carbons (Fsp3) is 0.533. The number of carbonyl (C=O) groups is 1. The topological polar surface area (TPSA) is 44.4 Å². The number of hydrogen-bond donors (Lipinski definition) is 2. The molecule has 4 heteroatoms. The first-order chi connectivity index (χ1) is 9.30. The first-order valence-corrected chi connectivity index (χ1v) is 7.14. The van der Waals surface area contributed by atoms with Crippen LogP contribution in [0.5, 0.6) is 0 Å². The molecule has 2 heterocycles. The molecule has 1 aromatic carbocycles. The first kappa shape index (κ1) is 12.5. The Morgan fingerprint density at radius 3 is 2.42 bits per heavy atom. The molecule has 0 radical (unpaired) electrons. The molecule has 2 N–H and O–H groups in total. The molecule has 0 unspecified atom stereocenters. The number of nitrogens with one attached hydrogen (secondary N) is 2. The molecule has 2 aliphatic heterocycles. The lowest BCUT2D eigenvalue weighted by Gasteiger charge is -2.44. The standard InChI is InChI=1S/C15H21N3O/c19-14(18-11-4-12-18)15(7-9-16-10-8-15)17-13-5-2-1-3-6-13/h1-3,5-6,16-17H,4,7-12H2. The smallest absolute Gasteiger partial charge is 0.248 e. The molecule has 2 aliphatic rings. The summed E-state index contributed by atoms with van der Waals surface area (Å²) in [4.78, 5) is 14.7. The molecule has 0 aliphatic carbocycles. The van der Waals surface area contributed by atoms with Gasteiger partial charge in [-0.05, 0) is 44.5 Å². The summed E-state index contributed by atoms with van der Waals surface area (Å²) < 4.78 is 0. The number of benzene rings is 1. The van der Waals surface area contributed by atoms with Crippen molar-refractivity contribution in [3.8, 4) is 0 Å². The molecule has 4 nitrogen and oxygen atoms in total. The van der Waals surface area contributed by atoms with Crippen LogP contribution in [0.15, 0.2) is 30.3 Å². The predicted octanol–water partition coefficient (Wildman–Crippen LogP) is 1.45. The van der Waals surface area contributed by atoms with Crippen molar-refractivity contribution in [2.75, 3.05) is 31.5 Å². The van der Waals surface area contributed by atoms with Crippen molar-refractivity contribution in [1.29, 1.82) is 0 Å². The second kappa shape index (κ2) is 5.21. The van der Waals surface area contributed by atoms with Crippen LogP contribution in [-0.4, -0.2) is 42.5 Å². The third kappa shape index (κ3) is 2.45. The number of piperidine rings is 1. The highest BCUT2D eigenvalue weighted by Crippen LogP contribution is 2.28. The van der Waals surface area contributed by atoms with E-state index >= 15 is 0 Å². The second-order valence-corrected chi connectivity index (χ2v) is 5.47. The Morgan fingerprint density at radius 2 is 1.84 bits per heavy atom. The van der Waals surface area contributed by atoms with E-state index in [4.69, 9.17) is 0 Å². The number of nitrogens with zero attached hydrogens (tertiary/aromatic N) is 1. The van der Waals surface area contributed by atoms with Crippen LogP contribution in [-0.2, 0) is 4.79 Å². The van der Waals surface area contributed by atoms with Crippen LogP contribution in [0.1, 0.15) is 19.3 Å². The summed E-state index contributed by atoms with van der Waals surface area (Å²) in [6.45, 7) is 3.65. The molecule has 0 aromatic heterocycles. The van der Waals surface area contributed by atoms with Gasteiger partial charge in [0.25, 0.3) is 0 Å². The Morgan fingerprint density at radius 1 is 1.16 bits per heavy atom. The molecule has 2 fully saturated rings. The molecule has 0 atom stereocenters. The molecular formula is C15H21N3O. The number of para-hydroxylation sites is 1. The zero-order valence-electron chi connectivity index (χ0n) is 11.2. The van der Waals surface area contributed by atoms with Gasteiger partial charge in [-0.1, -0.05) is 18.2 Å². The average molecular weight is 259 g/mol. The van der Waals surface area contributed by atoms with Crippen LogP contribution in [0.2, 0.25) is 0 Å². The van der Waals surface area contributed by atoms with Gasteiger partial charge in [-0.15, -0.1) is 0 Å². The highest BCUT2D eigenvalue weighted by atomic mass is 16.2. The van der Waals surface area contributed by atoms with Crippen LogP contribution in [0, 0.1) is 0 Å². The fourth-order valence-electron chi connectivity index (χ4n) is 2.87. The van der Waals surface area contributed by atoms with E-state index < -0.39 is 5.54 Å². The normalized spacial score (nSPS) is 21.6. The van der Waals surface area contributed by atoms with Gasteiger partial charge in [-0.3, -0.25) is 4.79 Å². The van der Waals surface area contributed by atoms with Crippen molar-refractivity contribution in [2.45, 2.75) is 24.8 Å². The lowest BCUT2D eigenvalue weighted by molar-refractivity contribution is -0.140. The zero-order chi connectivity index (χ0) is 13.1. The molecule has 1 amide bonds. The lowest BCUT2D eigenvalue weighted by Crippen LogP contribution is -2.61. The van der Waals surface area contributed by atoms with Crippen molar-refractivity contribution in [2.24, 2.45) is 0 Å². The van der Waals surface area contributed by atoms with E-state index in [1.807, 2.05) is 35.2 Å². The maximum Gasteiger partial charge on any atom is 0.248 e. The average Bonchev–Trinajstić information content (AvgIpc) is 2.39. The van der Waals surface area contributed by atoms with E-state index in [-0.39, 0.29) is 5.91 Å². The SMILES string of the molecule is O=C(N1CCC1)C1(Nc2ccccc2)CCNCC1. The van der Waals surface area contributed by atoms with Crippen molar-refractivity contribution < 1.29 is 4.79 Å². The summed E-state index contributed by atoms with van der Waals surface area (Å²) in [5.41, 5.74) is 0.630. The van der Waals surface area contributed by atoms with E-state index in [0.29, 0.717) is 0 Å². The number of carbonyl (C=O) groups excluding carboxylic acids is 1. The first-order valence-electron chi connectivity index (χ1n) is 7.14. The monoisotopic (exact) mass is 259 g/mol. The molecule has 2 saturated heterocycles. The van der Waals surface area contributed by atoms with Gasteiger partial charge in [0.15, 0.2) is 0 Å².